The van der Waals surface area contributed by atoms with Gasteiger partial charge >= 0.3 is 5.97 Å². The SMILES string of the molecule is CCNS(=O)(=O)c1ccc(CC(=O)NC(CC(=O)O)c2ccccc2)cc1. The third kappa shape index (κ3) is 6.19. The minimum Gasteiger partial charge on any atom is -0.481 e. The van der Waals surface area contributed by atoms with Gasteiger partial charge in [-0.25, -0.2) is 13.1 Å². The number of carbonyl (C=O) groups excluding carboxylic acids is 1. The summed E-state index contributed by atoms with van der Waals surface area (Å²) < 4.78 is 26.2. The number of carbonyl (C=O) groups is 2. The van der Waals surface area contributed by atoms with Gasteiger partial charge in [0.15, 0.2) is 0 Å². The molecule has 2 aromatic carbocycles. The fourth-order valence-corrected chi connectivity index (χ4v) is 3.64. The summed E-state index contributed by atoms with van der Waals surface area (Å²) in [5, 5.41) is 11.8. The lowest BCUT2D eigenvalue weighted by molar-refractivity contribution is -0.137. The minimum absolute atomic E-state index is 0.0183. The van der Waals surface area contributed by atoms with Gasteiger partial charge in [0.2, 0.25) is 15.9 Å². The van der Waals surface area contributed by atoms with Crippen LogP contribution in [-0.4, -0.2) is 31.9 Å². The first-order chi connectivity index (χ1) is 12.8. The Kier molecular flexibility index (Phi) is 7.09. The van der Waals surface area contributed by atoms with E-state index in [2.05, 4.69) is 10.0 Å². The molecule has 1 unspecified atom stereocenters. The second-order valence-corrected chi connectivity index (χ2v) is 7.72. The average Bonchev–Trinajstić information content (AvgIpc) is 2.62. The van der Waals surface area contributed by atoms with E-state index < -0.39 is 22.0 Å². The van der Waals surface area contributed by atoms with Crippen LogP contribution >= 0.6 is 0 Å². The number of benzene rings is 2. The highest BCUT2D eigenvalue weighted by Gasteiger charge is 2.18. The summed E-state index contributed by atoms with van der Waals surface area (Å²) >= 11 is 0. The van der Waals surface area contributed by atoms with Crippen LogP contribution in [0.2, 0.25) is 0 Å². The molecule has 7 nitrogen and oxygen atoms in total. The van der Waals surface area contributed by atoms with Gasteiger partial charge in [0.25, 0.3) is 0 Å². The van der Waals surface area contributed by atoms with Gasteiger partial charge in [0.05, 0.1) is 23.8 Å². The first-order valence-corrected chi connectivity index (χ1v) is 9.95. The first kappa shape index (κ1) is 20.6. The number of nitrogens with one attached hydrogen (secondary N) is 2. The van der Waals surface area contributed by atoms with Crippen molar-refractivity contribution in [1.82, 2.24) is 10.0 Å². The fourth-order valence-electron chi connectivity index (χ4n) is 2.60. The first-order valence-electron chi connectivity index (χ1n) is 8.46. The summed E-state index contributed by atoms with van der Waals surface area (Å²) in [4.78, 5) is 23.5. The number of carboxylic acid groups (broad SMARTS) is 1. The molecule has 0 radical (unpaired) electrons. The Balaban J connectivity index is 2.06. The van der Waals surface area contributed by atoms with Crippen molar-refractivity contribution in [1.29, 1.82) is 0 Å². The van der Waals surface area contributed by atoms with Crippen molar-refractivity contribution in [2.24, 2.45) is 0 Å². The molecule has 0 aliphatic heterocycles. The predicted octanol–water partition coefficient (Wildman–Crippen LogP) is 1.86. The molecule has 0 saturated heterocycles. The molecular weight excluding hydrogens is 368 g/mol. The van der Waals surface area contributed by atoms with Crippen LogP contribution in [0, 0.1) is 0 Å². The van der Waals surface area contributed by atoms with Gasteiger partial charge in [0, 0.05) is 6.54 Å². The van der Waals surface area contributed by atoms with Gasteiger partial charge in [-0.3, -0.25) is 9.59 Å². The van der Waals surface area contributed by atoms with E-state index in [9.17, 15) is 18.0 Å². The smallest absolute Gasteiger partial charge is 0.305 e. The number of hydrogen-bond donors (Lipinski definition) is 3. The molecule has 0 saturated carbocycles. The van der Waals surface area contributed by atoms with E-state index in [0.717, 1.165) is 0 Å². The highest BCUT2D eigenvalue weighted by atomic mass is 32.2. The Morgan fingerprint density at radius 1 is 1.04 bits per heavy atom. The van der Waals surface area contributed by atoms with Crippen molar-refractivity contribution in [2.75, 3.05) is 6.54 Å². The van der Waals surface area contributed by atoms with Crippen LogP contribution in [0.25, 0.3) is 0 Å². The third-order valence-corrected chi connectivity index (χ3v) is 5.41. The van der Waals surface area contributed by atoms with Crippen LogP contribution in [0.5, 0.6) is 0 Å². The quantitative estimate of drug-likeness (QED) is 0.605. The monoisotopic (exact) mass is 390 g/mol. The molecule has 8 heteroatoms. The van der Waals surface area contributed by atoms with Crippen molar-refractivity contribution in [2.45, 2.75) is 30.7 Å². The van der Waals surface area contributed by atoms with Gasteiger partial charge in [-0.2, -0.15) is 0 Å². The lowest BCUT2D eigenvalue weighted by Gasteiger charge is -2.17. The molecule has 0 aromatic heterocycles. The normalized spacial score (nSPS) is 12.3. The molecule has 0 bridgehead atoms. The number of rotatable bonds is 9. The summed E-state index contributed by atoms with van der Waals surface area (Å²) in [6, 6.07) is 14.3. The van der Waals surface area contributed by atoms with Crippen LogP contribution in [-0.2, 0) is 26.0 Å². The summed E-state index contributed by atoms with van der Waals surface area (Å²) in [7, 11) is -3.54. The zero-order chi connectivity index (χ0) is 19.9. The summed E-state index contributed by atoms with van der Waals surface area (Å²) in [6.45, 7) is 1.98. The molecule has 2 rings (SSSR count). The molecule has 0 spiro atoms. The molecule has 3 N–H and O–H groups in total. The van der Waals surface area contributed by atoms with E-state index in [-0.39, 0.29) is 30.2 Å². The Morgan fingerprint density at radius 3 is 2.22 bits per heavy atom. The van der Waals surface area contributed by atoms with E-state index >= 15 is 0 Å². The van der Waals surface area contributed by atoms with Crippen LogP contribution in [0.15, 0.2) is 59.5 Å². The number of hydrogen-bond acceptors (Lipinski definition) is 4. The maximum Gasteiger partial charge on any atom is 0.305 e. The Morgan fingerprint density at radius 2 is 1.67 bits per heavy atom. The Bertz CT molecular complexity index is 880. The van der Waals surface area contributed by atoms with Crippen molar-refractivity contribution in [3.63, 3.8) is 0 Å². The standard InChI is InChI=1S/C19H22N2O5S/c1-2-20-27(25,26)16-10-8-14(9-11-16)12-18(22)21-17(13-19(23)24)15-6-4-3-5-7-15/h3-11,17,20H,2,12-13H2,1H3,(H,21,22)(H,23,24). The number of amides is 1. The topological polar surface area (TPSA) is 113 Å². The van der Waals surface area contributed by atoms with Gasteiger partial charge in [-0.1, -0.05) is 49.4 Å². The zero-order valence-electron chi connectivity index (χ0n) is 14.9. The molecule has 0 aliphatic carbocycles. The molecule has 0 aliphatic rings. The van der Waals surface area contributed by atoms with Crippen LogP contribution in [0.3, 0.4) is 0 Å². The van der Waals surface area contributed by atoms with Crippen molar-refractivity contribution >= 4 is 21.9 Å². The Labute approximate surface area is 158 Å². The summed E-state index contributed by atoms with van der Waals surface area (Å²) in [5.41, 5.74) is 1.34. The van der Waals surface area contributed by atoms with Crippen molar-refractivity contribution in [3.05, 3.63) is 65.7 Å². The van der Waals surface area contributed by atoms with E-state index in [1.54, 1.807) is 43.3 Å². The summed E-state index contributed by atoms with van der Waals surface area (Å²) in [5.74, 6) is -1.35. The highest BCUT2D eigenvalue weighted by Crippen LogP contribution is 2.17. The minimum atomic E-state index is -3.54. The van der Waals surface area contributed by atoms with Gasteiger partial charge in [-0.05, 0) is 23.3 Å². The molecule has 2 aromatic rings. The van der Waals surface area contributed by atoms with E-state index in [1.165, 1.54) is 12.1 Å². The van der Waals surface area contributed by atoms with Crippen molar-refractivity contribution < 1.29 is 23.1 Å². The van der Waals surface area contributed by atoms with Crippen LogP contribution in [0.4, 0.5) is 0 Å². The molecule has 0 fully saturated rings. The Hall–Kier alpha value is -2.71. The average molecular weight is 390 g/mol. The second-order valence-electron chi connectivity index (χ2n) is 5.95. The second kappa shape index (κ2) is 9.29. The molecule has 0 heterocycles. The summed E-state index contributed by atoms with van der Waals surface area (Å²) in [6.07, 6.45) is -0.208. The maximum absolute atomic E-state index is 12.3. The number of aliphatic carboxylic acids is 1. The van der Waals surface area contributed by atoms with Crippen LogP contribution in [0.1, 0.15) is 30.5 Å². The lowest BCUT2D eigenvalue weighted by Crippen LogP contribution is -2.31. The largest absolute Gasteiger partial charge is 0.481 e. The zero-order valence-corrected chi connectivity index (χ0v) is 15.7. The lowest BCUT2D eigenvalue weighted by atomic mass is 10.0. The number of carboxylic acids is 1. The highest BCUT2D eigenvalue weighted by molar-refractivity contribution is 7.89. The third-order valence-electron chi connectivity index (χ3n) is 3.85. The van der Waals surface area contributed by atoms with E-state index in [0.29, 0.717) is 11.1 Å². The molecule has 27 heavy (non-hydrogen) atoms. The van der Waals surface area contributed by atoms with Crippen molar-refractivity contribution in [3.8, 4) is 0 Å². The predicted molar refractivity (Wildman–Crippen MR) is 101 cm³/mol. The molecule has 1 amide bonds. The molecular formula is C19H22N2O5S. The molecule has 1 atom stereocenters. The fraction of sp³-hybridized carbons (Fsp3) is 0.263. The maximum atomic E-state index is 12.3. The van der Waals surface area contributed by atoms with E-state index in [4.69, 9.17) is 5.11 Å². The molecule has 144 valence electrons. The van der Waals surface area contributed by atoms with Crippen LogP contribution < -0.4 is 10.0 Å². The number of sulfonamides is 1. The van der Waals surface area contributed by atoms with Gasteiger partial charge in [-0.15, -0.1) is 0 Å². The van der Waals surface area contributed by atoms with Gasteiger partial charge in [0.1, 0.15) is 0 Å². The van der Waals surface area contributed by atoms with Gasteiger partial charge < -0.3 is 10.4 Å². The van der Waals surface area contributed by atoms with E-state index in [1.807, 2.05) is 6.07 Å².